The molecular formula is C16H32N2. The van der Waals surface area contributed by atoms with Crippen LogP contribution in [0.5, 0.6) is 0 Å². The van der Waals surface area contributed by atoms with Gasteiger partial charge in [-0.2, -0.15) is 0 Å². The standard InChI is InChI=1S/C16H32N2/c17-11-13-7-9-15(12-18)16(10-8-13)14-5-3-1-2-4-6-14/h13-16H,1-12,17-18H2. The lowest BCUT2D eigenvalue weighted by atomic mass is 9.75. The summed E-state index contributed by atoms with van der Waals surface area (Å²) < 4.78 is 0. The van der Waals surface area contributed by atoms with Gasteiger partial charge in [-0.3, -0.25) is 0 Å². The predicted octanol–water partition coefficient (Wildman–Crippen LogP) is 3.30. The highest BCUT2D eigenvalue weighted by Gasteiger charge is 2.31. The van der Waals surface area contributed by atoms with Crippen molar-refractivity contribution in [1.29, 1.82) is 0 Å². The molecular weight excluding hydrogens is 220 g/mol. The van der Waals surface area contributed by atoms with Crippen LogP contribution < -0.4 is 11.5 Å². The number of hydrogen-bond acceptors (Lipinski definition) is 2. The smallest absolute Gasteiger partial charge is 0.00461 e. The zero-order valence-electron chi connectivity index (χ0n) is 11.9. The van der Waals surface area contributed by atoms with Crippen LogP contribution in [0.25, 0.3) is 0 Å². The molecule has 2 fully saturated rings. The fraction of sp³-hybridized carbons (Fsp3) is 1.00. The lowest BCUT2D eigenvalue weighted by Gasteiger charge is -2.31. The van der Waals surface area contributed by atoms with E-state index < -0.39 is 0 Å². The SMILES string of the molecule is NCC1CCC(CN)C(C2CCCCCC2)CC1. The van der Waals surface area contributed by atoms with Gasteiger partial charge in [0, 0.05) is 0 Å². The molecule has 2 aliphatic carbocycles. The zero-order valence-corrected chi connectivity index (χ0v) is 11.9. The molecule has 3 unspecified atom stereocenters. The van der Waals surface area contributed by atoms with E-state index in [1.54, 1.807) is 0 Å². The van der Waals surface area contributed by atoms with Gasteiger partial charge in [0.1, 0.15) is 0 Å². The van der Waals surface area contributed by atoms with Crippen LogP contribution in [0, 0.1) is 23.7 Å². The van der Waals surface area contributed by atoms with Crippen molar-refractivity contribution in [2.75, 3.05) is 13.1 Å². The van der Waals surface area contributed by atoms with E-state index in [-0.39, 0.29) is 0 Å². The van der Waals surface area contributed by atoms with Crippen molar-refractivity contribution < 1.29 is 0 Å². The van der Waals surface area contributed by atoms with Gasteiger partial charge in [0.05, 0.1) is 0 Å². The molecule has 4 N–H and O–H groups in total. The molecule has 0 aromatic heterocycles. The molecule has 106 valence electrons. The van der Waals surface area contributed by atoms with E-state index in [4.69, 9.17) is 11.5 Å². The molecule has 3 atom stereocenters. The van der Waals surface area contributed by atoms with Gasteiger partial charge < -0.3 is 11.5 Å². The van der Waals surface area contributed by atoms with Crippen molar-refractivity contribution in [1.82, 2.24) is 0 Å². The Morgan fingerprint density at radius 2 is 1.33 bits per heavy atom. The lowest BCUT2D eigenvalue weighted by molar-refractivity contribution is 0.197. The van der Waals surface area contributed by atoms with Gasteiger partial charge in [-0.25, -0.2) is 0 Å². The normalized spacial score (nSPS) is 36.0. The second-order valence-electron chi connectivity index (χ2n) is 6.67. The van der Waals surface area contributed by atoms with Crippen LogP contribution in [0.3, 0.4) is 0 Å². The van der Waals surface area contributed by atoms with E-state index in [9.17, 15) is 0 Å². The Bertz CT molecular complexity index is 221. The Hall–Kier alpha value is -0.0800. The van der Waals surface area contributed by atoms with E-state index in [2.05, 4.69) is 0 Å². The first kappa shape index (κ1) is 14.3. The van der Waals surface area contributed by atoms with E-state index in [1.165, 1.54) is 64.2 Å². The molecule has 0 aliphatic heterocycles. The molecule has 2 aliphatic rings. The molecule has 0 spiro atoms. The number of nitrogens with two attached hydrogens (primary N) is 2. The third kappa shape index (κ3) is 3.71. The summed E-state index contributed by atoms with van der Waals surface area (Å²) in [4.78, 5) is 0. The van der Waals surface area contributed by atoms with Crippen LogP contribution in [0.15, 0.2) is 0 Å². The Morgan fingerprint density at radius 3 is 1.94 bits per heavy atom. The van der Waals surface area contributed by atoms with E-state index in [0.29, 0.717) is 0 Å². The molecule has 2 heteroatoms. The summed E-state index contributed by atoms with van der Waals surface area (Å²) in [5, 5.41) is 0. The van der Waals surface area contributed by atoms with Crippen LogP contribution >= 0.6 is 0 Å². The molecule has 0 amide bonds. The predicted molar refractivity (Wildman–Crippen MR) is 78.2 cm³/mol. The maximum Gasteiger partial charge on any atom is -0.00461 e. The van der Waals surface area contributed by atoms with Gasteiger partial charge in [0.15, 0.2) is 0 Å². The molecule has 2 rings (SSSR count). The van der Waals surface area contributed by atoms with Gasteiger partial charge in [-0.15, -0.1) is 0 Å². The van der Waals surface area contributed by atoms with Crippen LogP contribution in [-0.2, 0) is 0 Å². The maximum absolute atomic E-state index is 6.06. The fourth-order valence-corrected chi connectivity index (χ4v) is 4.36. The molecule has 0 aromatic carbocycles. The van der Waals surface area contributed by atoms with Crippen LogP contribution in [-0.4, -0.2) is 13.1 Å². The van der Waals surface area contributed by atoms with E-state index in [1.807, 2.05) is 0 Å². The van der Waals surface area contributed by atoms with E-state index in [0.717, 1.165) is 36.8 Å². The van der Waals surface area contributed by atoms with Gasteiger partial charge in [0.2, 0.25) is 0 Å². The Labute approximate surface area is 113 Å². The second-order valence-corrected chi connectivity index (χ2v) is 6.67. The Balaban J connectivity index is 1.97. The monoisotopic (exact) mass is 252 g/mol. The number of hydrogen-bond donors (Lipinski definition) is 2. The summed E-state index contributed by atoms with van der Waals surface area (Å²) in [5.41, 5.74) is 11.9. The Kier molecular flexibility index (Phi) is 5.97. The molecule has 18 heavy (non-hydrogen) atoms. The van der Waals surface area contributed by atoms with Gasteiger partial charge in [0.25, 0.3) is 0 Å². The molecule has 0 radical (unpaired) electrons. The summed E-state index contributed by atoms with van der Waals surface area (Å²) >= 11 is 0. The second kappa shape index (κ2) is 7.49. The summed E-state index contributed by atoms with van der Waals surface area (Å²) in [5.74, 6) is 3.43. The first-order valence-corrected chi connectivity index (χ1v) is 8.25. The van der Waals surface area contributed by atoms with Crippen molar-refractivity contribution in [3.63, 3.8) is 0 Å². The summed E-state index contributed by atoms with van der Waals surface area (Å²) in [6.45, 7) is 1.78. The lowest BCUT2D eigenvalue weighted by Crippen LogP contribution is -2.28. The van der Waals surface area contributed by atoms with Gasteiger partial charge in [-0.1, -0.05) is 38.5 Å². The molecule has 0 heterocycles. The molecule has 2 nitrogen and oxygen atoms in total. The summed E-state index contributed by atoms with van der Waals surface area (Å²) in [6, 6.07) is 0. The quantitative estimate of drug-likeness (QED) is 0.757. The maximum atomic E-state index is 6.06. The molecule has 0 bridgehead atoms. The highest BCUT2D eigenvalue weighted by molar-refractivity contribution is 4.84. The van der Waals surface area contributed by atoms with Crippen LogP contribution in [0.1, 0.15) is 64.2 Å². The van der Waals surface area contributed by atoms with Crippen molar-refractivity contribution in [2.24, 2.45) is 35.1 Å². The van der Waals surface area contributed by atoms with Crippen LogP contribution in [0.4, 0.5) is 0 Å². The van der Waals surface area contributed by atoms with Crippen molar-refractivity contribution in [3.05, 3.63) is 0 Å². The highest BCUT2D eigenvalue weighted by atomic mass is 14.6. The van der Waals surface area contributed by atoms with Crippen LogP contribution in [0.2, 0.25) is 0 Å². The summed E-state index contributed by atoms with van der Waals surface area (Å²) in [7, 11) is 0. The summed E-state index contributed by atoms with van der Waals surface area (Å²) in [6.07, 6.45) is 14.2. The largest absolute Gasteiger partial charge is 0.330 e. The molecule has 0 saturated heterocycles. The Morgan fingerprint density at radius 1 is 0.667 bits per heavy atom. The third-order valence-electron chi connectivity index (χ3n) is 5.60. The minimum Gasteiger partial charge on any atom is -0.330 e. The van der Waals surface area contributed by atoms with E-state index >= 15 is 0 Å². The van der Waals surface area contributed by atoms with Crippen molar-refractivity contribution >= 4 is 0 Å². The van der Waals surface area contributed by atoms with Crippen molar-refractivity contribution in [3.8, 4) is 0 Å². The molecule has 2 saturated carbocycles. The minimum atomic E-state index is 0.773. The van der Waals surface area contributed by atoms with Crippen molar-refractivity contribution in [2.45, 2.75) is 64.2 Å². The first-order chi connectivity index (χ1) is 8.85. The first-order valence-electron chi connectivity index (χ1n) is 8.25. The number of rotatable bonds is 3. The third-order valence-corrected chi connectivity index (χ3v) is 5.60. The fourth-order valence-electron chi connectivity index (χ4n) is 4.36. The zero-order chi connectivity index (χ0) is 12.8. The molecule has 0 aromatic rings. The topological polar surface area (TPSA) is 52.0 Å². The van der Waals surface area contributed by atoms with Gasteiger partial charge in [-0.05, 0) is 62.4 Å². The van der Waals surface area contributed by atoms with Gasteiger partial charge >= 0.3 is 0 Å². The minimum absolute atomic E-state index is 0.773. The highest BCUT2D eigenvalue weighted by Crippen LogP contribution is 2.40. The average Bonchev–Trinajstić information content (AvgIpc) is 2.78. The average molecular weight is 252 g/mol.